The summed E-state index contributed by atoms with van der Waals surface area (Å²) in [6, 6.07) is 6.01. The Morgan fingerprint density at radius 2 is 2.03 bits per heavy atom. The van der Waals surface area contributed by atoms with E-state index in [1.54, 1.807) is 39.0 Å². The minimum atomic E-state index is -0.970. The van der Waals surface area contributed by atoms with E-state index < -0.39 is 17.5 Å². The Morgan fingerprint density at radius 3 is 2.65 bits per heavy atom. The fraction of sp³-hybridized carbons (Fsp3) is 0.381. The van der Waals surface area contributed by atoms with E-state index in [4.69, 9.17) is 18.2 Å². The van der Waals surface area contributed by atoms with Gasteiger partial charge in [0.15, 0.2) is 11.6 Å². The number of aliphatic hydroxyl groups excluding tert-OH is 1. The highest BCUT2D eigenvalue weighted by molar-refractivity contribution is 6.32. The van der Waals surface area contributed by atoms with E-state index in [0.717, 1.165) is 6.07 Å². The van der Waals surface area contributed by atoms with E-state index in [2.05, 4.69) is 15.1 Å². The number of benzene rings is 1. The SMILES string of the molecule is [C-]#[N+]c1cc(F)c(Nc2ccc3c(c2)n(CCC(C)(C)O)c(=O)n3C[C@H](C)O)nc1Cl. The van der Waals surface area contributed by atoms with Crippen molar-refractivity contribution in [2.24, 2.45) is 0 Å². The lowest BCUT2D eigenvalue weighted by Crippen LogP contribution is -2.30. The highest BCUT2D eigenvalue weighted by atomic mass is 35.5. The lowest BCUT2D eigenvalue weighted by atomic mass is 10.1. The smallest absolute Gasteiger partial charge is 0.329 e. The minimum Gasteiger partial charge on any atom is -0.392 e. The van der Waals surface area contributed by atoms with Crippen LogP contribution in [-0.2, 0) is 13.1 Å². The maximum atomic E-state index is 14.3. The first-order valence-electron chi connectivity index (χ1n) is 9.64. The molecule has 0 saturated carbocycles. The molecular formula is C21H23ClFN5O3. The van der Waals surface area contributed by atoms with Gasteiger partial charge in [-0.3, -0.25) is 9.13 Å². The first-order valence-corrected chi connectivity index (χ1v) is 10.0. The summed E-state index contributed by atoms with van der Waals surface area (Å²) in [6.07, 6.45) is -0.396. The number of halogens is 2. The van der Waals surface area contributed by atoms with Gasteiger partial charge in [-0.2, -0.15) is 0 Å². The Bertz CT molecular complexity index is 1220. The summed E-state index contributed by atoms with van der Waals surface area (Å²) in [5, 5.41) is 22.6. The zero-order chi connectivity index (χ0) is 22.9. The lowest BCUT2D eigenvalue weighted by Gasteiger charge is -2.17. The van der Waals surface area contributed by atoms with Crippen LogP contribution < -0.4 is 11.0 Å². The van der Waals surface area contributed by atoms with Gasteiger partial charge in [0, 0.05) is 12.2 Å². The molecule has 0 aliphatic heterocycles. The highest BCUT2D eigenvalue weighted by Crippen LogP contribution is 2.29. The molecule has 0 unspecified atom stereocenters. The van der Waals surface area contributed by atoms with Crippen LogP contribution in [0.4, 0.5) is 21.6 Å². The van der Waals surface area contributed by atoms with Gasteiger partial charge in [-0.1, -0.05) is 11.6 Å². The minimum absolute atomic E-state index is 0.0872. The molecule has 3 aromatic rings. The van der Waals surface area contributed by atoms with Gasteiger partial charge in [0.05, 0.1) is 35.9 Å². The van der Waals surface area contributed by atoms with Crippen molar-refractivity contribution >= 4 is 39.8 Å². The Kier molecular flexibility index (Phi) is 6.36. The summed E-state index contributed by atoms with van der Waals surface area (Å²) in [6.45, 7) is 12.3. The number of hydrogen-bond donors (Lipinski definition) is 3. The molecule has 8 nitrogen and oxygen atoms in total. The maximum Gasteiger partial charge on any atom is 0.329 e. The second-order valence-corrected chi connectivity index (χ2v) is 8.38. The van der Waals surface area contributed by atoms with Gasteiger partial charge >= 0.3 is 5.69 Å². The Labute approximate surface area is 183 Å². The fourth-order valence-corrected chi connectivity index (χ4v) is 3.38. The summed E-state index contributed by atoms with van der Waals surface area (Å²) >= 11 is 5.92. The lowest BCUT2D eigenvalue weighted by molar-refractivity contribution is 0.0661. The van der Waals surface area contributed by atoms with E-state index in [0.29, 0.717) is 23.1 Å². The molecule has 164 valence electrons. The van der Waals surface area contributed by atoms with Crippen LogP contribution >= 0.6 is 11.6 Å². The molecule has 0 aliphatic rings. The van der Waals surface area contributed by atoms with Crippen molar-refractivity contribution in [3.63, 3.8) is 0 Å². The van der Waals surface area contributed by atoms with Gasteiger partial charge in [-0.25, -0.2) is 19.0 Å². The molecule has 0 amide bonds. The highest BCUT2D eigenvalue weighted by Gasteiger charge is 2.19. The molecule has 0 bridgehead atoms. The predicted molar refractivity (Wildman–Crippen MR) is 118 cm³/mol. The average Bonchev–Trinajstić information content (AvgIpc) is 2.92. The van der Waals surface area contributed by atoms with Crippen LogP contribution in [0.25, 0.3) is 15.9 Å². The van der Waals surface area contributed by atoms with Crippen molar-refractivity contribution in [3.8, 4) is 0 Å². The molecule has 0 radical (unpaired) electrons. The first kappa shape index (κ1) is 22.7. The third-order valence-electron chi connectivity index (χ3n) is 4.71. The summed E-state index contributed by atoms with van der Waals surface area (Å²) in [4.78, 5) is 20.0. The van der Waals surface area contributed by atoms with E-state index >= 15 is 0 Å². The number of aliphatic hydroxyl groups is 2. The molecule has 1 atom stereocenters. The molecule has 0 saturated heterocycles. The normalized spacial score (nSPS) is 12.7. The van der Waals surface area contributed by atoms with Crippen molar-refractivity contribution in [1.29, 1.82) is 0 Å². The number of rotatable bonds is 7. The van der Waals surface area contributed by atoms with E-state index in [1.807, 2.05) is 0 Å². The number of hydrogen-bond acceptors (Lipinski definition) is 5. The molecule has 10 heteroatoms. The van der Waals surface area contributed by atoms with Crippen molar-refractivity contribution in [3.05, 3.63) is 57.1 Å². The Morgan fingerprint density at radius 1 is 1.32 bits per heavy atom. The standard InChI is InChI=1S/C21H23ClFN5O3/c1-12(29)11-28-16-6-5-13(25-19-14(23)10-15(24-4)18(22)26-19)9-17(16)27(20(28)30)8-7-21(2,3)31/h5-6,9-10,12,29,31H,7-8,11H2,1-3H3,(H,25,26)/t12-/m0/s1. The number of nitrogens with zero attached hydrogens (tertiary/aromatic N) is 4. The summed E-state index contributed by atoms with van der Waals surface area (Å²) in [5.41, 5.74) is 0.243. The quantitative estimate of drug-likeness (QED) is 0.378. The molecule has 31 heavy (non-hydrogen) atoms. The second-order valence-electron chi connectivity index (χ2n) is 8.03. The van der Waals surface area contributed by atoms with Gasteiger partial charge < -0.3 is 15.5 Å². The van der Waals surface area contributed by atoms with Crippen LogP contribution in [0.5, 0.6) is 0 Å². The molecule has 2 heterocycles. The summed E-state index contributed by atoms with van der Waals surface area (Å²) in [5.74, 6) is -0.882. The number of aryl methyl sites for hydroxylation is 1. The fourth-order valence-electron chi connectivity index (χ4n) is 3.20. The van der Waals surface area contributed by atoms with E-state index in [1.165, 1.54) is 9.13 Å². The third kappa shape index (κ3) is 5.05. The third-order valence-corrected chi connectivity index (χ3v) is 4.99. The average molecular weight is 448 g/mol. The van der Waals surface area contributed by atoms with E-state index in [9.17, 15) is 19.4 Å². The number of nitrogens with one attached hydrogen (secondary N) is 1. The van der Waals surface area contributed by atoms with Gasteiger partial charge in [0.25, 0.3) is 0 Å². The number of imidazole rings is 1. The molecule has 1 aromatic carbocycles. The second kappa shape index (κ2) is 8.67. The van der Waals surface area contributed by atoms with Gasteiger partial charge in [-0.05, 0) is 51.5 Å². The predicted octanol–water partition coefficient (Wildman–Crippen LogP) is 3.83. The topological polar surface area (TPSA) is 96.7 Å². The Balaban J connectivity index is 2.07. The van der Waals surface area contributed by atoms with Crippen LogP contribution in [0, 0.1) is 12.4 Å². The maximum absolute atomic E-state index is 14.3. The molecule has 0 spiro atoms. The molecular weight excluding hydrogens is 425 g/mol. The number of pyridine rings is 1. The molecule has 2 aromatic heterocycles. The summed E-state index contributed by atoms with van der Waals surface area (Å²) in [7, 11) is 0. The van der Waals surface area contributed by atoms with Crippen LogP contribution in [0.1, 0.15) is 27.2 Å². The molecule has 0 aliphatic carbocycles. The summed E-state index contributed by atoms with van der Waals surface area (Å²) < 4.78 is 17.3. The first-order chi connectivity index (χ1) is 14.5. The van der Waals surface area contributed by atoms with Crippen LogP contribution in [0.3, 0.4) is 0 Å². The Hall–Kier alpha value is -2.93. The van der Waals surface area contributed by atoms with Gasteiger partial charge in [-0.15, -0.1) is 0 Å². The number of aromatic nitrogens is 3. The zero-order valence-electron chi connectivity index (χ0n) is 17.4. The van der Waals surface area contributed by atoms with E-state index in [-0.39, 0.29) is 35.4 Å². The van der Waals surface area contributed by atoms with Crippen molar-refractivity contribution in [2.75, 3.05) is 5.32 Å². The number of anilines is 2. The van der Waals surface area contributed by atoms with Crippen LogP contribution in [-0.4, -0.2) is 36.0 Å². The van der Waals surface area contributed by atoms with Crippen LogP contribution in [0.15, 0.2) is 29.1 Å². The van der Waals surface area contributed by atoms with Gasteiger partial charge in [0.2, 0.25) is 5.69 Å². The molecule has 0 fully saturated rings. The van der Waals surface area contributed by atoms with Gasteiger partial charge in [0.1, 0.15) is 5.15 Å². The van der Waals surface area contributed by atoms with Crippen LogP contribution in [0.2, 0.25) is 5.15 Å². The molecule has 3 N–H and O–H groups in total. The molecule has 3 rings (SSSR count). The van der Waals surface area contributed by atoms with Crippen molar-refractivity contribution in [1.82, 2.24) is 14.1 Å². The largest absolute Gasteiger partial charge is 0.392 e. The zero-order valence-corrected chi connectivity index (χ0v) is 18.1. The van der Waals surface area contributed by atoms with Crippen molar-refractivity contribution in [2.45, 2.75) is 52.0 Å². The monoisotopic (exact) mass is 447 g/mol. The number of fused-ring (bicyclic) bond motifs is 1. The van der Waals surface area contributed by atoms with Crippen molar-refractivity contribution < 1.29 is 14.6 Å².